The molecule has 1 aliphatic rings. The van der Waals surface area contributed by atoms with E-state index in [0.29, 0.717) is 22.8 Å². The topological polar surface area (TPSA) is 118 Å². The molecule has 3 amide bonds. The number of esters is 1. The minimum Gasteiger partial charge on any atom is -0.462 e. The van der Waals surface area contributed by atoms with E-state index in [1.165, 1.54) is 29.5 Å². The van der Waals surface area contributed by atoms with Gasteiger partial charge in [-0.05, 0) is 48.9 Å². The van der Waals surface area contributed by atoms with Crippen LogP contribution in [-0.2, 0) is 14.3 Å². The third-order valence-corrected chi connectivity index (χ3v) is 7.12. The molecule has 0 atom stereocenters. The van der Waals surface area contributed by atoms with E-state index in [1.54, 1.807) is 30.3 Å². The molecule has 2 N–H and O–H groups in total. The molecule has 5 rings (SSSR count). The Kier molecular flexibility index (Phi) is 8.23. The molecular weight excluding hydrogens is 564 g/mol. The van der Waals surface area contributed by atoms with E-state index in [2.05, 4.69) is 15.6 Å². The molecule has 0 saturated carbocycles. The molecule has 0 radical (unpaired) electrons. The fourth-order valence-electron chi connectivity index (χ4n) is 3.99. The van der Waals surface area contributed by atoms with Crippen LogP contribution in [0, 0.1) is 0 Å². The van der Waals surface area contributed by atoms with Crippen molar-refractivity contribution in [3.8, 4) is 11.3 Å². The van der Waals surface area contributed by atoms with Gasteiger partial charge in [0, 0.05) is 22.2 Å². The van der Waals surface area contributed by atoms with Gasteiger partial charge in [-0.15, -0.1) is 11.3 Å². The highest BCUT2D eigenvalue weighted by Gasteiger charge is 2.39. The van der Waals surface area contributed by atoms with Gasteiger partial charge in [0.15, 0.2) is 5.13 Å². The van der Waals surface area contributed by atoms with Crippen molar-refractivity contribution in [1.29, 1.82) is 0 Å². The minimum atomic E-state index is -0.729. The van der Waals surface area contributed by atoms with Crippen LogP contribution >= 0.6 is 22.9 Å². The van der Waals surface area contributed by atoms with Crippen molar-refractivity contribution in [2.24, 2.45) is 0 Å². The number of amides is 3. The summed E-state index contributed by atoms with van der Waals surface area (Å²) in [5, 5.41) is 7.70. The Morgan fingerprint density at radius 1 is 0.951 bits per heavy atom. The maximum atomic E-state index is 13.2. The van der Waals surface area contributed by atoms with Gasteiger partial charge in [0.05, 0.1) is 23.6 Å². The molecule has 4 aromatic rings. The summed E-state index contributed by atoms with van der Waals surface area (Å²) in [5.41, 5.74) is 2.80. The number of anilines is 3. The molecule has 0 bridgehead atoms. The monoisotopic (exact) mass is 586 g/mol. The van der Waals surface area contributed by atoms with E-state index in [4.69, 9.17) is 16.3 Å². The highest BCUT2D eigenvalue weighted by molar-refractivity contribution is 7.14. The van der Waals surface area contributed by atoms with Crippen LogP contribution in [0.15, 0.2) is 95.0 Å². The third-order valence-electron chi connectivity index (χ3n) is 6.02. The molecule has 0 aliphatic carbocycles. The molecule has 206 valence electrons. The van der Waals surface area contributed by atoms with E-state index in [0.717, 1.165) is 16.2 Å². The molecule has 41 heavy (non-hydrogen) atoms. The number of carbonyl (C=O) groups excluding carboxylic acids is 4. The van der Waals surface area contributed by atoms with Crippen molar-refractivity contribution in [3.63, 3.8) is 0 Å². The first-order valence-corrected chi connectivity index (χ1v) is 13.9. The van der Waals surface area contributed by atoms with Crippen molar-refractivity contribution < 1.29 is 23.9 Å². The van der Waals surface area contributed by atoms with Crippen LogP contribution in [0.2, 0.25) is 0 Å². The lowest BCUT2D eigenvalue weighted by Gasteiger charge is -2.16. The largest absolute Gasteiger partial charge is 0.462 e. The van der Waals surface area contributed by atoms with Crippen molar-refractivity contribution >= 4 is 63.1 Å². The lowest BCUT2D eigenvalue weighted by atomic mass is 10.2. The van der Waals surface area contributed by atoms with Gasteiger partial charge in [-0.2, -0.15) is 0 Å². The highest BCUT2D eigenvalue weighted by Crippen LogP contribution is 2.31. The maximum Gasteiger partial charge on any atom is 0.338 e. The number of nitrogens with zero attached hydrogens (tertiary/aromatic N) is 2. The lowest BCUT2D eigenvalue weighted by molar-refractivity contribution is -0.120. The Balaban J connectivity index is 1.25. The molecule has 0 unspecified atom stereocenters. The molecule has 11 heteroatoms. The molecule has 1 aliphatic heterocycles. The number of thiazole rings is 1. The standard InChI is InChI=1S/C30H23ClN4O5S/c1-2-15-40-29(39)20-9-6-10-22(16-20)35-27(37)24(31)25(28(35)38)32-21-13-11-19(12-14-21)26(36)34-30-33-23(17-41-30)18-7-4-3-5-8-18/h3-14,16-17,32H,2,15H2,1H3,(H,33,34,36). The summed E-state index contributed by atoms with van der Waals surface area (Å²) in [7, 11) is 0. The zero-order chi connectivity index (χ0) is 28.9. The van der Waals surface area contributed by atoms with Crippen molar-refractivity contribution in [2.45, 2.75) is 13.3 Å². The number of halogens is 1. The van der Waals surface area contributed by atoms with Crippen LogP contribution in [-0.4, -0.2) is 35.3 Å². The zero-order valence-electron chi connectivity index (χ0n) is 21.7. The highest BCUT2D eigenvalue weighted by atomic mass is 35.5. The number of aromatic nitrogens is 1. The summed E-state index contributed by atoms with van der Waals surface area (Å²) in [6, 6.07) is 22.0. The van der Waals surface area contributed by atoms with Crippen molar-refractivity contribution in [1.82, 2.24) is 4.98 Å². The molecule has 0 spiro atoms. The number of carbonyl (C=O) groups is 4. The van der Waals surface area contributed by atoms with Gasteiger partial charge in [0.25, 0.3) is 17.7 Å². The van der Waals surface area contributed by atoms with Gasteiger partial charge in [-0.25, -0.2) is 14.7 Å². The van der Waals surface area contributed by atoms with Crippen LogP contribution in [0.5, 0.6) is 0 Å². The Bertz CT molecular complexity index is 1670. The number of imide groups is 1. The number of benzene rings is 3. The van der Waals surface area contributed by atoms with Crippen molar-refractivity contribution in [3.05, 3.63) is 106 Å². The quantitative estimate of drug-likeness (QED) is 0.181. The van der Waals surface area contributed by atoms with Gasteiger partial charge in [-0.3, -0.25) is 19.7 Å². The van der Waals surface area contributed by atoms with Crippen LogP contribution in [0.1, 0.15) is 34.1 Å². The van der Waals surface area contributed by atoms with Crippen LogP contribution in [0.4, 0.5) is 16.5 Å². The van der Waals surface area contributed by atoms with Crippen LogP contribution in [0.25, 0.3) is 11.3 Å². The first-order chi connectivity index (χ1) is 19.9. The fourth-order valence-corrected chi connectivity index (χ4v) is 4.91. The first kappa shape index (κ1) is 27.8. The molecule has 3 aromatic carbocycles. The van der Waals surface area contributed by atoms with Gasteiger partial charge in [0.2, 0.25) is 0 Å². The molecule has 0 fully saturated rings. The summed E-state index contributed by atoms with van der Waals surface area (Å²) >= 11 is 7.57. The Morgan fingerprint density at radius 3 is 2.44 bits per heavy atom. The predicted molar refractivity (Wildman–Crippen MR) is 158 cm³/mol. The van der Waals surface area contributed by atoms with E-state index in [-0.39, 0.29) is 34.5 Å². The summed E-state index contributed by atoms with van der Waals surface area (Å²) in [4.78, 5) is 56.4. The Hall–Kier alpha value is -4.80. The third kappa shape index (κ3) is 6.03. The predicted octanol–water partition coefficient (Wildman–Crippen LogP) is 6.06. The van der Waals surface area contributed by atoms with E-state index < -0.39 is 17.8 Å². The van der Waals surface area contributed by atoms with Crippen molar-refractivity contribution in [2.75, 3.05) is 22.1 Å². The maximum absolute atomic E-state index is 13.2. The number of rotatable bonds is 9. The number of hydrogen-bond acceptors (Lipinski definition) is 8. The van der Waals surface area contributed by atoms with Gasteiger partial charge < -0.3 is 10.1 Å². The molecule has 0 saturated heterocycles. The fraction of sp³-hybridized carbons (Fsp3) is 0.100. The number of ether oxygens (including phenoxy) is 1. The lowest BCUT2D eigenvalue weighted by Crippen LogP contribution is -2.32. The second-order valence-corrected chi connectivity index (χ2v) is 10.1. The second kappa shape index (κ2) is 12.2. The molecule has 2 heterocycles. The second-order valence-electron chi connectivity index (χ2n) is 8.88. The number of hydrogen-bond donors (Lipinski definition) is 2. The smallest absolute Gasteiger partial charge is 0.338 e. The summed E-state index contributed by atoms with van der Waals surface area (Å²) in [5.74, 6) is -2.31. The summed E-state index contributed by atoms with van der Waals surface area (Å²) in [6.07, 6.45) is 0.663. The Morgan fingerprint density at radius 2 is 1.71 bits per heavy atom. The molecule has 1 aromatic heterocycles. The Labute approximate surface area is 244 Å². The van der Waals surface area contributed by atoms with Gasteiger partial charge >= 0.3 is 5.97 Å². The van der Waals surface area contributed by atoms with E-state index >= 15 is 0 Å². The normalized spacial score (nSPS) is 13.0. The van der Waals surface area contributed by atoms with E-state index in [9.17, 15) is 19.2 Å². The summed E-state index contributed by atoms with van der Waals surface area (Å²) < 4.78 is 5.14. The first-order valence-electron chi connectivity index (χ1n) is 12.6. The average molecular weight is 587 g/mol. The minimum absolute atomic E-state index is 0.121. The average Bonchev–Trinajstić information content (AvgIpc) is 3.55. The zero-order valence-corrected chi connectivity index (χ0v) is 23.3. The van der Waals surface area contributed by atoms with Gasteiger partial charge in [-0.1, -0.05) is 54.9 Å². The van der Waals surface area contributed by atoms with Gasteiger partial charge in [0.1, 0.15) is 10.7 Å². The SMILES string of the molecule is CCCOC(=O)c1cccc(N2C(=O)C(Cl)=C(Nc3ccc(C(=O)Nc4nc(-c5ccccc5)cs4)cc3)C2=O)c1. The number of nitrogens with one attached hydrogen (secondary N) is 2. The summed E-state index contributed by atoms with van der Waals surface area (Å²) in [6.45, 7) is 2.13. The van der Waals surface area contributed by atoms with Crippen LogP contribution in [0.3, 0.4) is 0 Å². The van der Waals surface area contributed by atoms with Crippen LogP contribution < -0.4 is 15.5 Å². The molecular formula is C30H23ClN4O5S. The molecule has 9 nitrogen and oxygen atoms in total. The van der Waals surface area contributed by atoms with E-state index in [1.807, 2.05) is 42.6 Å².